The van der Waals surface area contributed by atoms with Crippen molar-refractivity contribution in [2.24, 2.45) is 17.0 Å². The van der Waals surface area contributed by atoms with Gasteiger partial charge in [-0.15, -0.1) is 0 Å². The molecule has 3 heterocycles. The van der Waals surface area contributed by atoms with E-state index in [1.165, 1.54) is 57.8 Å². The lowest BCUT2D eigenvalue weighted by molar-refractivity contribution is -0.136. The Hall–Kier alpha value is -2.74. The summed E-state index contributed by atoms with van der Waals surface area (Å²) in [5.41, 5.74) is 1.92. The summed E-state index contributed by atoms with van der Waals surface area (Å²) < 4.78 is 1.96. The predicted molar refractivity (Wildman–Crippen MR) is 156 cm³/mol. The van der Waals surface area contributed by atoms with E-state index < -0.39 is 5.97 Å². The molecule has 6 rings (SSSR count). The zero-order chi connectivity index (χ0) is 27.8. The first-order valence-corrected chi connectivity index (χ1v) is 15.6. The summed E-state index contributed by atoms with van der Waals surface area (Å²) in [5, 5.41) is 13.6. The Morgan fingerprint density at radius 2 is 1.62 bits per heavy atom. The molecule has 2 aliphatic heterocycles. The van der Waals surface area contributed by atoms with Crippen LogP contribution < -0.4 is 5.56 Å². The molecule has 40 heavy (non-hydrogen) atoms. The normalized spacial score (nSPS) is 30.9. The summed E-state index contributed by atoms with van der Waals surface area (Å²) in [6, 6.07) is 9.64. The van der Waals surface area contributed by atoms with Gasteiger partial charge in [0.1, 0.15) is 11.8 Å². The summed E-state index contributed by atoms with van der Waals surface area (Å²) in [5.74, 6) is 0.855. The van der Waals surface area contributed by atoms with Gasteiger partial charge in [-0.2, -0.15) is 0 Å². The Balaban J connectivity index is 1.33. The SMILES string of the molecule is CC(C)ON=C(CCC(=O)O)c1nc2ccccc2n(C2C[C@H]3CC[C@@H](C2)N3C2CC3CCCCC(C3)C2)c1=O. The molecule has 2 saturated heterocycles. The fourth-order valence-electron chi connectivity index (χ4n) is 8.41. The van der Waals surface area contributed by atoms with Crippen LogP contribution >= 0.6 is 0 Å². The number of fused-ring (bicyclic) bond motifs is 5. The third-order valence-corrected chi connectivity index (χ3v) is 9.92. The highest BCUT2D eigenvalue weighted by Gasteiger charge is 2.47. The monoisotopic (exact) mass is 548 g/mol. The molecule has 216 valence electrons. The van der Waals surface area contributed by atoms with Gasteiger partial charge in [-0.1, -0.05) is 43.0 Å². The highest BCUT2D eigenvalue weighted by Crippen LogP contribution is 2.48. The van der Waals surface area contributed by atoms with E-state index in [4.69, 9.17) is 9.82 Å². The van der Waals surface area contributed by atoms with Gasteiger partial charge >= 0.3 is 5.97 Å². The van der Waals surface area contributed by atoms with Crippen LogP contribution in [-0.4, -0.2) is 55.5 Å². The van der Waals surface area contributed by atoms with Gasteiger partial charge in [0.25, 0.3) is 5.56 Å². The summed E-state index contributed by atoms with van der Waals surface area (Å²) >= 11 is 0. The molecule has 1 N–H and O–H groups in total. The van der Waals surface area contributed by atoms with Crippen molar-refractivity contribution in [1.29, 1.82) is 0 Å². The quantitative estimate of drug-likeness (QED) is 0.325. The molecule has 2 saturated carbocycles. The Morgan fingerprint density at radius 3 is 2.27 bits per heavy atom. The van der Waals surface area contributed by atoms with E-state index in [9.17, 15) is 14.7 Å². The zero-order valence-corrected chi connectivity index (χ0v) is 24.0. The molecule has 0 radical (unpaired) electrons. The molecule has 8 nitrogen and oxygen atoms in total. The summed E-state index contributed by atoms with van der Waals surface area (Å²) in [6.45, 7) is 3.71. The van der Waals surface area contributed by atoms with Crippen LogP contribution in [0.15, 0.2) is 34.2 Å². The molecular weight excluding hydrogens is 504 g/mol. The van der Waals surface area contributed by atoms with E-state index in [0.717, 1.165) is 35.7 Å². The number of aliphatic carboxylic acids is 1. The Morgan fingerprint density at radius 1 is 0.950 bits per heavy atom. The van der Waals surface area contributed by atoms with Crippen LogP contribution in [0.4, 0.5) is 0 Å². The van der Waals surface area contributed by atoms with Crippen LogP contribution in [-0.2, 0) is 9.63 Å². The van der Waals surface area contributed by atoms with Crippen molar-refractivity contribution >= 4 is 22.7 Å². The maximum absolute atomic E-state index is 14.2. The van der Waals surface area contributed by atoms with Gasteiger partial charge in [0, 0.05) is 30.6 Å². The fraction of sp³-hybridized carbons (Fsp3) is 0.688. The number of nitrogens with zero attached hydrogens (tertiary/aromatic N) is 4. The van der Waals surface area contributed by atoms with Crippen LogP contribution in [0.1, 0.15) is 109 Å². The van der Waals surface area contributed by atoms with Crippen LogP contribution in [0.2, 0.25) is 0 Å². The number of carbonyl (C=O) groups is 1. The molecule has 8 heteroatoms. The molecule has 0 amide bonds. The van der Waals surface area contributed by atoms with Gasteiger partial charge in [0.05, 0.1) is 17.5 Å². The second-order valence-corrected chi connectivity index (χ2v) is 13.0. The number of hydrogen-bond acceptors (Lipinski definition) is 6. The first-order valence-electron chi connectivity index (χ1n) is 15.6. The third kappa shape index (κ3) is 5.56. The number of oxime groups is 1. The summed E-state index contributed by atoms with van der Waals surface area (Å²) in [4.78, 5) is 38.7. The van der Waals surface area contributed by atoms with Crippen LogP contribution in [0.5, 0.6) is 0 Å². The second-order valence-electron chi connectivity index (χ2n) is 13.0. The highest BCUT2D eigenvalue weighted by atomic mass is 16.6. The maximum atomic E-state index is 14.2. The van der Waals surface area contributed by atoms with Gasteiger partial charge in [-0.25, -0.2) is 4.98 Å². The molecule has 4 bridgehead atoms. The minimum absolute atomic E-state index is 0.0884. The predicted octanol–water partition coefficient (Wildman–Crippen LogP) is 5.92. The van der Waals surface area contributed by atoms with E-state index in [0.29, 0.717) is 23.8 Å². The fourth-order valence-corrected chi connectivity index (χ4v) is 8.41. The number of benzene rings is 1. The molecule has 5 atom stereocenters. The molecule has 0 spiro atoms. The number of carboxylic acids is 1. The Kier molecular flexibility index (Phi) is 7.98. The van der Waals surface area contributed by atoms with Crippen molar-refractivity contribution in [3.63, 3.8) is 0 Å². The topological polar surface area (TPSA) is 97.0 Å². The molecule has 1 aromatic carbocycles. The van der Waals surface area contributed by atoms with Crippen molar-refractivity contribution in [2.75, 3.05) is 0 Å². The van der Waals surface area contributed by atoms with Crippen LogP contribution in [0, 0.1) is 11.8 Å². The minimum Gasteiger partial charge on any atom is -0.481 e. The van der Waals surface area contributed by atoms with Gasteiger partial charge in [-0.3, -0.25) is 14.5 Å². The van der Waals surface area contributed by atoms with E-state index in [-0.39, 0.29) is 36.2 Å². The number of rotatable bonds is 8. The van der Waals surface area contributed by atoms with E-state index in [1.807, 2.05) is 42.7 Å². The van der Waals surface area contributed by atoms with E-state index in [2.05, 4.69) is 10.1 Å². The van der Waals surface area contributed by atoms with Crippen molar-refractivity contribution in [3.8, 4) is 0 Å². The summed E-state index contributed by atoms with van der Waals surface area (Å²) in [6.07, 6.45) is 13.9. The molecule has 1 aromatic heterocycles. The van der Waals surface area contributed by atoms with Crippen molar-refractivity contribution in [1.82, 2.24) is 14.5 Å². The molecule has 2 aromatic rings. The average molecular weight is 549 g/mol. The lowest BCUT2D eigenvalue weighted by atomic mass is 9.76. The van der Waals surface area contributed by atoms with Crippen molar-refractivity contribution < 1.29 is 14.7 Å². The molecule has 2 aliphatic carbocycles. The highest BCUT2D eigenvalue weighted by molar-refractivity contribution is 6.00. The van der Waals surface area contributed by atoms with Gasteiger partial charge in [0.2, 0.25) is 0 Å². The van der Waals surface area contributed by atoms with Gasteiger partial charge in [0.15, 0.2) is 5.69 Å². The Labute approximate surface area is 236 Å². The third-order valence-electron chi connectivity index (χ3n) is 9.92. The molecule has 3 unspecified atom stereocenters. The zero-order valence-electron chi connectivity index (χ0n) is 24.0. The number of carboxylic acid groups (broad SMARTS) is 1. The van der Waals surface area contributed by atoms with Gasteiger partial charge < -0.3 is 14.5 Å². The van der Waals surface area contributed by atoms with Crippen LogP contribution in [0.25, 0.3) is 11.0 Å². The number of piperidine rings is 1. The summed E-state index contributed by atoms with van der Waals surface area (Å²) in [7, 11) is 0. The number of aromatic nitrogens is 2. The standard InChI is InChI=1S/C32H44N4O4/c1-20(2)40-34-28(13-14-30(37)38)31-32(39)36(29-10-6-5-9-27(29)33-31)26-18-23-11-12-24(19-26)35(23)25-16-21-7-3-4-8-22(15-21)17-25/h5-6,9-10,20-26H,3-4,7-8,11-19H2,1-2H3,(H,37,38)/t21?,22?,23-,24+,25?,26?. The smallest absolute Gasteiger partial charge is 0.303 e. The largest absolute Gasteiger partial charge is 0.481 e. The van der Waals surface area contributed by atoms with Crippen molar-refractivity contribution in [3.05, 3.63) is 40.3 Å². The second kappa shape index (κ2) is 11.6. The molecule has 4 aliphatic rings. The lowest BCUT2D eigenvalue weighted by Gasteiger charge is -2.48. The maximum Gasteiger partial charge on any atom is 0.303 e. The minimum atomic E-state index is -0.940. The average Bonchev–Trinajstić information content (AvgIpc) is 3.08. The lowest BCUT2D eigenvalue weighted by Crippen LogP contribution is -2.52. The van der Waals surface area contributed by atoms with Crippen LogP contribution in [0.3, 0.4) is 0 Å². The number of hydrogen-bond donors (Lipinski definition) is 1. The first kappa shape index (κ1) is 27.4. The van der Waals surface area contributed by atoms with Gasteiger partial charge in [-0.05, 0) is 82.8 Å². The Bertz CT molecular complexity index is 1290. The molecule has 4 fully saturated rings. The molecular formula is C32H44N4O4. The first-order chi connectivity index (χ1) is 19.4. The number of para-hydroxylation sites is 2. The van der Waals surface area contributed by atoms with Crippen molar-refractivity contribution in [2.45, 2.75) is 128 Å². The van der Waals surface area contributed by atoms with E-state index in [1.54, 1.807) is 0 Å². The van der Waals surface area contributed by atoms with E-state index >= 15 is 0 Å².